The standard InChI is InChI=1S/C9H14O4/c1-2-6-3-4-9(5-6,7(10)11)8(12)13/h6H,2-5H2,1H3,(H,10,11)(H,12,13). The van der Waals surface area contributed by atoms with Gasteiger partial charge in [0.1, 0.15) is 0 Å². The number of carbonyl (C=O) groups is 2. The van der Waals surface area contributed by atoms with Crippen LogP contribution in [0, 0.1) is 11.3 Å². The molecule has 1 saturated carbocycles. The minimum atomic E-state index is -1.50. The topological polar surface area (TPSA) is 74.6 Å². The summed E-state index contributed by atoms with van der Waals surface area (Å²) in [5.74, 6) is -2.11. The van der Waals surface area contributed by atoms with Gasteiger partial charge in [0.15, 0.2) is 5.41 Å². The molecular formula is C9H14O4. The first-order chi connectivity index (χ1) is 6.03. The van der Waals surface area contributed by atoms with Crippen molar-refractivity contribution >= 4 is 11.9 Å². The fourth-order valence-electron chi connectivity index (χ4n) is 1.98. The van der Waals surface area contributed by atoms with E-state index >= 15 is 0 Å². The van der Waals surface area contributed by atoms with Crippen LogP contribution >= 0.6 is 0 Å². The van der Waals surface area contributed by atoms with E-state index in [-0.39, 0.29) is 18.8 Å². The maximum Gasteiger partial charge on any atom is 0.321 e. The lowest BCUT2D eigenvalue weighted by Gasteiger charge is -2.18. The molecule has 1 fully saturated rings. The largest absolute Gasteiger partial charge is 0.480 e. The van der Waals surface area contributed by atoms with Gasteiger partial charge in [-0.1, -0.05) is 13.3 Å². The number of carboxylic acid groups (broad SMARTS) is 2. The summed E-state index contributed by atoms with van der Waals surface area (Å²) in [5.41, 5.74) is -1.50. The highest BCUT2D eigenvalue weighted by Gasteiger charge is 2.51. The molecular weight excluding hydrogens is 172 g/mol. The second-order valence-electron chi connectivity index (χ2n) is 3.71. The van der Waals surface area contributed by atoms with Gasteiger partial charge < -0.3 is 10.2 Å². The first kappa shape index (κ1) is 10.0. The third kappa shape index (κ3) is 1.53. The van der Waals surface area contributed by atoms with Crippen molar-refractivity contribution in [1.82, 2.24) is 0 Å². The Labute approximate surface area is 76.6 Å². The van der Waals surface area contributed by atoms with E-state index in [4.69, 9.17) is 10.2 Å². The van der Waals surface area contributed by atoms with Crippen molar-refractivity contribution in [3.05, 3.63) is 0 Å². The minimum absolute atomic E-state index is 0.257. The van der Waals surface area contributed by atoms with Crippen LogP contribution in [0.3, 0.4) is 0 Å². The molecule has 0 aromatic rings. The normalized spacial score (nSPS) is 25.8. The molecule has 0 aliphatic heterocycles. The first-order valence-electron chi connectivity index (χ1n) is 4.49. The Bertz CT molecular complexity index is 220. The summed E-state index contributed by atoms with van der Waals surface area (Å²) < 4.78 is 0. The van der Waals surface area contributed by atoms with Crippen LogP contribution < -0.4 is 0 Å². The molecule has 0 bridgehead atoms. The molecule has 2 N–H and O–H groups in total. The minimum Gasteiger partial charge on any atom is -0.480 e. The summed E-state index contributed by atoms with van der Waals surface area (Å²) in [6, 6.07) is 0. The quantitative estimate of drug-likeness (QED) is 0.652. The van der Waals surface area contributed by atoms with E-state index in [1.165, 1.54) is 0 Å². The van der Waals surface area contributed by atoms with Gasteiger partial charge in [0, 0.05) is 0 Å². The van der Waals surface area contributed by atoms with Crippen LogP contribution in [0.4, 0.5) is 0 Å². The van der Waals surface area contributed by atoms with Gasteiger partial charge in [-0.25, -0.2) is 0 Å². The summed E-state index contributed by atoms with van der Waals surface area (Å²) in [7, 11) is 0. The fraction of sp³-hybridized carbons (Fsp3) is 0.778. The summed E-state index contributed by atoms with van der Waals surface area (Å²) in [4.78, 5) is 21.7. The van der Waals surface area contributed by atoms with Crippen LogP contribution in [-0.2, 0) is 9.59 Å². The molecule has 13 heavy (non-hydrogen) atoms. The van der Waals surface area contributed by atoms with E-state index in [9.17, 15) is 9.59 Å². The molecule has 74 valence electrons. The number of hydrogen-bond donors (Lipinski definition) is 2. The number of carboxylic acids is 2. The smallest absolute Gasteiger partial charge is 0.321 e. The molecule has 0 aromatic carbocycles. The summed E-state index contributed by atoms with van der Waals surface area (Å²) in [6.45, 7) is 1.96. The molecule has 0 saturated heterocycles. The molecule has 4 heteroatoms. The molecule has 1 unspecified atom stereocenters. The Balaban J connectivity index is 2.84. The lowest BCUT2D eigenvalue weighted by Crippen LogP contribution is -2.36. The number of rotatable bonds is 3. The Kier molecular flexibility index (Phi) is 2.59. The second kappa shape index (κ2) is 3.36. The average Bonchev–Trinajstić information content (AvgIpc) is 2.48. The number of aliphatic carboxylic acids is 2. The van der Waals surface area contributed by atoms with Gasteiger partial charge in [-0.15, -0.1) is 0 Å². The summed E-state index contributed by atoms with van der Waals surface area (Å²) in [5, 5.41) is 17.7. The van der Waals surface area contributed by atoms with E-state index in [0.717, 1.165) is 12.8 Å². The van der Waals surface area contributed by atoms with Gasteiger partial charge in [-0.3, -0.25) is 9.59 Å². The van der Waals surface area contributed by atoms with E-state index < -0.39 is 17.4 Å². The zero-order valence-electron chi connectivity index (χ0n) is 7.62. The van der Waals surface area contributed by atoms with Crippen molar-refractivity contribution in [2.24, 2.45) is 11.3 Å². The molecule has 1 aliphatic rings. The molecule has 0 aromatic heterocycles. The molecule has 0 heterocycles. The molecule has 4 nitrogen and oxygen atoms in total. The second-order valence-corrected chi connectivity index (χ2v) is 3.71. The predicted molar refractivity (Wildman–Crippen MR) is 45.3 cm³/mol. The maximum absolute atomic E-state index is 10.8. The third-order valence-corrected chi connectivity index (χ3v) is 3.01. The van der Waals surface area contributed by atoms with Gasteiger partial charge in [0.2, 0.25) is 0 Å². The predicted octanol–water partition coefficient (Wildman–Crippen LogP) is 1.35. The molecule has 1 rings (SSSR count). The van der Waals surface area contributed by atoms with Gasteiger partial charge in [-0.05, 0) is 25.2 Å². The van der Waals surface area contributed by atoms with Crippen molar-refractivity contribution in [1.29, 1.82) is 0 Å². The van der Waals surface area contributed by atoms with Crippen LogP contribution in [0.2, 0.25) is 0 Å². The van der Waals surface area contributed by atoms with Gasteiger partial charge in [-0.2, -0.15) is 0 Å². The Hall–Kier alpha value is -1.06. The van der Waals surface area contributed by atoms with Crippen molar-refractivity contribution in [2.45, 2.75) is 32.6 Å². The van der Waals surface area contributed by atoms with Crippen molar-refractivity contribution in [2.75, 3.05) is 0 Å². The Morgan fingerprint density at radius 2 is 1.92 bits per heavy atom. The zero-order chi connectivity index (χ0) is 10.1. The monoisotopic (exact) mass is 186 g/mol. The maximum atomic E-state index is 10.8. The summed E-state index contributed by atoms with van der Waals surface area (Å²) in [6.07, 6.45) is 2.14. The SMILES string of the molecule is CCC1CCC(C(=O)O)(C(=O)O)C1. The molecule has 1 aliphatic carbocycles. The average molecular weight is 186 g/mol. The lowest BCUT2D eigenvalue weighted by atomic mass is 9.85. The summed E-state index contributed by atoms with van der Waals surface area (Å²) >= 11 is 0. The van der Waals surface area contributed by atoms with Gasteiger partial charge in [0.25, 0.3) is 0 Å². The molecule has 1 atom stereocenters. The Morgan fingerprint density at radius 3 is 2.15 bits per heavy atom. The van der Waals surface area contributed by atoms with E-state index in [2.05, 4.69) is 0 Å². The molecule has 0 spiro atoms. The van der Waals surface area contributed by atoms with Crippen LogP contribution in [0.25, 0.3) is 0 Å². The van der Waals surface area contributed by atoms with E-state index in [0.29, 0.717) is 0 Å². The lowest BCUT2D eigenvalue weighted by molar-refractivity contribution is -0.164. The van der Waals surface area contributed by atoms with Crippen molar-refractivity contribution in [3.63, 3.8) is 0 Å². The van der Waals surface area contributed by atoms with Crippen molar-refractivity contribution in [3.8, 4) is 0 Å². The van der Waals surface area contributed by atoms with Gasteiger partial charge in [0.05, 0.1) is 0 Å². The van der Waals surface area contributed by atoms with E-state index in [1.807, 2.05) is 6.92 Å². The number of hydrogen-bond acceptors (Lipinski definition) is 2. The van der Waals surface area contributed by atoms with Crippen LogP contribution in [-0.4, -0.2) is 22.2 Å². The highest BCUT2D eigenvalue weighted by molar-refractivity contribution is 5.98. The Morgan fingerprint density at radius 1 is 1.38 bits per heavy atom. The highest BCUT2D eigenvalue weighted by atomic mass is 16.4. The fourth-order valence-corrected chi connectivity index (χ4v) is 1.98. The highest BCUT2D eigenvalue weighted by Crippen LogP contribution is 2.43. The zero-order valence-corrected chi connectivity index (χ0v) is 7.62. The van der Waals surface area contributed by atoms with Gasteiger partial charge >= 0.3 is 11.9 Å². The van der Waals surface area contributed by atoms with Crippen LogP contribution in [0.1, 0.15) is 32.6 Å². The molecule has 0 radical (unpaired) electrons. The van der Waals surface area contributed by atoms with E-state index in [1.54, 1.807) is 0 Å². The van der Waals surface area contributed by atoms with Crippen molar-refractivity contribution < 1.29 is 19.8 Å². The van der Waals surface area contributed by atoms with Crippen LogP contribution in [0.15, 0.2) is 0 Å². The third-order valence-electron chi connectivity index (χ3n) is 3.01. The first-order valence-corrected chi connectivity index (χ1v) is 4.49. The molecule has 0 amide bonds. The van der Waals surface area contributed by atoms with Crippen LogP contribution in [0.5, 0.6) is 0 Å².